The molecule has 0 saturated heterocycles. The van der Waals surface area contributed by atoms with Gasteiger partial charge in [0.2, 0.25) is 5.91 Å². The summed E-state index contributed by atoms with van der Waals surface area (Å²) in [6.45, 7) is 6.24. The number of unbranched alkanes of at least 4 members (excludes halogenated alkanes) is 21. The summed E-state index contributed by atoms with van der Waals surface area (Å²) in [5.74, 6) is -0.563. The normalized spacial score (nSPS) is 14.0. The number of nitrogens with one attached hydrogen (secondary N) is 1. The van der Waals surface area contributed by atoms with Crippen molar-refractivity contribution < 1.29 is 24.5 Å². The number of esters is 1. The molecule has 1 amide bonds. The zero-order chi connectivity index (χ0) is 41.7. The van der Waals surface area contributed by atoms with Gasteiger partial charge in [-0.1, -0.05) is 216 Å². The van der Waals surface area contributed by atoms with E-state index in [1.165, 1.54) is 89.9 Å². The smallest absolute Gasteiger partial charge is 0.306 e. The molecule has 0 radical (unpaired) electrons. The molecule has 328 valence electrons. The lowest BCUT2D eigenvalue weighted by atomic mass is 10.0. The number of carbonyl (C=O) groups is 2. The zero-order valence-electron chi connectivity index (χ0n) is 37.2. The highest BCUT2D eigenvalue weighted by atomic mass is 16.5. The van der Waals surface area contributed by atoms with Crippen molar-refractivity contribution in [2.75, 3.05) is 6.61 Å². The molecule has 6 heteroatoms. The lowest BCUT2D eigenvalue weighted by Gasteiger charge is -2.24. The quantitative estimate of drug-likeness (QED) is 0.0248. The highest BCUT2D eigenvalue weighted by molar-refractivity contribution is 5.77. The van der Waals surface area contributed by atoms with Gasteiger partial charge in [0.15, 0.2) is 0 Å². The molecular formula is C51H89NO5. The maximum atomic E-state index is 13.1. The van der Waals surface area contributed by atoms with Crippen molar-refractivity contribution in [1.29, 1.82) is 0 Å². The van der Waals surface area contributed by atoms with Gasteiger partial charge in [-0.15, -0.1) is 0 Å². The molecule has 3 atom stereocenters. The third-order valence-corrected chi connectivity index (χ3v) is 10.4. The van der Waals surface area contributed by atoms with E-state index in [4.69, 9.17) is 4.74 Å². The Morgan fingerprint density at radius 2 is 1.02 bits per heavy atom. The van der Waals surface area contributed by atoms with Crippen LogP contribution in [0.2, 0.25) is 0 Å². The number of allylic oxidation sites excluding steroid dienone is 12. The Morgan fingerprint density at radius 1 is 0.526 bits per heavy atom. The van der Waals surface area contributed by atoms with Gasteiger partial charge in [0, 0.05) is 6.42 Å². The Kier molecular flexibility index (Phi) is 42.3. The number of amides is 1. The molecule has 0 rings (SSSR count). The zero-order valence-corrected chi connectivity index (χ0v) is 37.2. The van der Waals surface area contributed by atoms with Gasteiger partial charge < -0.3 is 20.3 Å². The first-order valence-electron chi connectivity index (χ1n) is 23.7. The van der Waals surface area contributed by atoms with Gasteiger partial charge in [-0.05, 0) is 57.8 Å². The van der Waals surface area contributed by atoms with Crippen LogP contribution in [-0.2, 0) is 14.3 Å². The lowest BCUT2D eigenvalue weighted by molar-refractivity contribution is -0.151. The van der Waals surface area contributed by atoms with E-state index in [1.54, 1.807) is 0 Å². The summed E-state index contributed by atoms with van der Waals surface area (Å²) in [4.78, 5) is 26.0. The van der Waals surface area contributed by atoms with E-state index in [0.717, 1.165) is 77.0 Å². The first-order chi connectivity index (χ1) is 28.0. The average molecular weight is 796 g/mol. The molecule has 0 aromatic carbocycles. The van der Waals surface area contributed by atoms with Gasteiger partial charge in [-0.2, -0.15) is 0 Å². The number of aliphatic hydroxyl groups excluding tert-OH is 2. The van der Waals surface area contributed by atoms with E-state index in [1.807, 2.05) is 48.6 Å². The lowest BCUT2D eigenvalue weighted by Crippen LogP contribution is -2.46. The molecular weight excluding hydrogens is 707 g/mol. The van der Waals surface area contributed by atoms with Crippen molar-refractivity contribution in [1.82, 2.24) is 5.32 Å². The van der Waals surface area contributed by atoms with E-state index in [0.29, 0.717) is 19.3 Å². The van der Waals surface area contributed by atoms with Gasteiger partial charge in [0.05, 0.1) is 25.2 Å². The topological polar surface area (TPSA) is 95.9 Å². The maximum Gasteiger partial charge on any atom is 0.306 e. The summed E-state index contributed by atoms with van der Waals surface area (Å²) >= 11 is 0. The highest BCUT2D eigenvalue weighted by Crippen LogP contribution is 2.17. The van der Waals surface area contributed by atoms with E-state index in [-0.39, 0.29) is 24.9 Å². The maximum absolute atomic E-state index is 13.1. The van der Waals surface area contributed by atoms with Gasteiger partial charge in [-0.3, -0.25) is 9.59 Å². The first kappa shape index (κ1) is 54.3. The van der Waals surface area contributed by atoms with E-state index in [9.17, 15) is 19.8 Å². The van der Waals surface area contributed by atoms with Gasteiger partial charge in [0.25, 0.3) is 0 Å². The molecule has 0 aliphatic heterocycles. The second kappa shape index (κ2) is 44.4. The van der Waals surface area contributed by atoms with Crippen LogP contribution in [0.1, 0.15) is 213 Å². The summed E-state index contributed by atoms with van der Waals surface area (Å²) in [5, 5.41) is 23.7. The standard InChI is InChI=1S/C51H89NO5/c1-4-7-10-13-16-19-22-24-25-27-29-31-34-37-40-43-49(54)48(46-53)52-50(55)45-47(42-39-36-33-30-28-26-23-20-17-14-11-8-5-2)57-51(56)44-41-38-35-32-21-18-15-12-9-6-3/h8,11-12,14-15,17,20,23,26,28,30,33,47-49,53-54H,4-7,9-10,13,16,18-19,21-22,24-25,27,29,31-32,34-46H2,1-3H3,(H,52,55)/b11-8+,15-12-,17-14+,23-20-,28-26-,33-30+. The number of hydrogen-bond donors (Lipinski definition) is 3. The van der Waals surface area contributed by atoms with Crippen molar-refractivity contribution in [3.8, 4) is 0 Å². The van der Waals surface area contributed by atoms with Crippen molar-refractivity contribution in [2.24, 2.45) is 0 Å². The Hall–Kier alpha value is -2.70. The highest BCUT2D eigenvalue weighted by Gasteiger charge is 2.24. The Balaban J connectivity index is 4.66. The number of hydrogen-bond acceptors (Lipinski definition) is 5. The van der Waals surface area contributed by atoms with Crippen molar-refractivity contribution in [3.63, 3.8) is 0 Å². The molecule has 3 N–H and O–H groups in total. The van der Waals surface area contributed by atoms with Crippen LogP contribution in [0, 0.1) is 0 Å². The number of aliphatic hydroxyl groups is 2. The summed E-state index contributed by atoms with van der Waals surface area (Å²) in [6.07, 6.45) is 55.4. The first-order valence-corrected chi connectivity index (χ1v) is 23.7. The fourth-order valence-corrected chi connectivity index (χ4v) is 6.81. The molecule has 0 aromatic heterocycles. The summed E-state index contributed by atoms with van der Waals surface area (Å²) in [6, 6.07) is -0.727. The molecule has 0 aliphatic carbocycles. The predicted octanol–water partition coefficient (Wildman–Crippen LogP) is 13.8. The van der Waals surface area contributed by atoms with Crippen LogP contribution in [-0.4, -0.2) is 46.9 Å². The Morgan fingerprint density at radius 3 is 1.58 bits per heavy atom. The fraction of sp³-hybridized carbons (Fsp3) is 0.725. The monoisotopic (exact) mass is 796 g/mol. The predicted molar refractivity (Wildman–Crippen MR) is 245 cm³/mol. The minimum absolute atomic E-state index is 0.0227. The Bertz CT molecular complexity index is 1070. The van der Waals surface area contributed by atoms with Crippen molar-refractivity contribution in [3.05, 3.63) is 72.9 Å². The van der Waals surface area contributed by atoms with Crippen LogP contribution < -0.4 is 5.32 Å². The SMILES string of the molecule is CC/C=C/C=C/C=C\C=C/C=C/CCCC(CC(=O)NC(CO)C(O)CCCCCCCCCCCCCCCCC)OC(=O)CCCCCCC/C=C\CCC. The summed E-state index contributed by atoms with van der Waals surface area (Å²) < 4.78 is 5.85. The minimum Gasteiger partial charge on any atom is -0.462 e. The molecule has 0 fully saturated rings. The molecule has 3 unspecified atom stereocenters. The molecule has 0 aliphatic rings. The van der Waals surface area contributed by atoms with Crippen LogP contribution in [0.25, 0.3) is 0 Å². The van der Waals surface area contributed by atoms with E-state index >= 15 is 0 Å². The van der Waals surface area contributed by atoms with Gasteiger partial charge >= 0.3 is 5.97 Å². The third-order valence-electron chi connectivity index (χ3n) is 10.4. The van der Waals surface area contributed by atoms with Crippen LogP contribution in [0.4, 0.5) is 0 Å². The largest absolute Gasteiger partial charge is 0.462 e. The minimum atomic E-state index is -0.809. The second-order valence-electron chi connectivity index (χ2n) is 15.9. The molecule has 0 bridgehead atoms. The molecule has 6 nitrogen and oxygen atoms in total. The average Bonchev–Trinajstić information content (AvgIpc) is 3.20. The molecule has 0 heterocycles. The van der Waals surface area contributed by atoms with Gasteiger partial charge in [0.1, 0.15) is 6.10 Å². The third kappa shape index (κ3) is 39.9. The van der Waals surface area contributed by atoms with Crippen LogP contribution >= 0.6 is 0 Å². The number of rotatable bonds is 41. The van der Waals surface area contributed by atoms with Crippen LogP contribution in [0.5, 0.6) is 0 Å². The molecule has 57 heavy (non-hydrogen) atoms. The number of ether oxygens (including phenoxy) is 1. The van der Waals surface area contributed by atoms with Crippen molar-refractivity contribution >= 4 is 11.9 Å². The number of carbonyl (C=O) groups excluding carboxylic acids is 2. The Labute approximate surface area is 351 Å². The van der Waals surface area contributed by atoms with Crippen LogP contribution in [0.3, 0.4) is 0 Å². The van der Waals surface area contributed by atoms with Crippen LogP contribution in [0.15, 0.2) is 72.9 Å². The van der Waals surface area contributed by atoms with Gasteiger partial charge in [-0.25, -0.2) is 0 Å². The fourth-order valence-electron chi connectivity index (χ4n) is 6.81. The second-order valence-corrected chi connectivity index (χ2v) is 15.9. The van der Waals surface area contributed by atoms with Crippen molar-refractivity contribution in [2.45, 2.75) is 232 Å². The summed E-state index contributed by atoms with van der Waals surface area (Å²) in [5.41, 5.74) is 0. The van der Waals surface area contributed by atoms with E-state index < -0.39 is 18.2 Å². The molecule has 0 saturated carbocycles. The molecule has 0 aromatic rings. The summed E-state index contributed by atoms with van der Waals surface area (Å²) in [7, 11) is 0. The van der Waals surface area contributed by atoms with E-state index in [2.05, 4.69) is 50.4 Å². The molecule has 0 spiro atoms.